The van der Waals surface area contributed by atoms with E-state index in [-0.39, 0.29) is 0 Å². The fourth-order valence-corrected chi connectivity index (χ4v) is 0.208. The van der Waals surface area contributed by atoms with Crippen molar-refractivity contribution >= 4 is 23.0 Å². The predicted octanol–water partition coefficient (Wildman–Crippen LogP) is -0.119. The maximum absolute atomic E-state index is 9.84. The van der Waals surface area contributed by atoms with Gasteiger partial charge in [-0.25, -0.2) is 9.59 Å². The summed E-state index contributed by atoms with van der Waals surface area (Å²) < 4.78 is 3.64. The summed E-state index contributed by atoms with van der Waals surface area (Å²) in [4.78, 5) is 19.5. The van der Waals surface area contributed by atoms with Crippen LogP contribution in [0, 0.1) is 0 Å². The summed E-state index contributed by atoms with van der Waals surface area (Å²) in [6, 6.07) is 0. The largest absolute Gasteiger partial charge is 0.411 e. The molecule has 5 heteroatoms. The summed E-state index contributed by atoms with van der Waals surface area (Å²) in [7, 11) is 0. The van der Waals surface area contributed by atoms with Gasteiger partial charge in [-0.1, -0.05) is 0 Å². The highest BCUT2D eigenvalue weighted by Gasteiger charge is 2.03. The normalized spacial score (nSPS) is 8.25. The molecule has 0 unspecified atom stereocenters. The van der Waals surface area contributed by atoms with E-state index in [4.69, 9.17) is 5.11 Å². The number of halogens is 1. The van der Waals surface area contributed by atoms with Crippen LogP contribution in [0.3, 0.4) is 0 Å². The maximum Gasteiger partial charge on any atom is 0.411 e. The highest BCUT2D eigenvalue weighted by Crippen LogP contribution is 1.85. The molecule has 0 aromatic carbocycles. The molecule has 0 atom stereocenters. The Balaban J connectivity index is 3.40. The topological polar surface area (TPSA) is 63.6 Å². The number of hydrogen-bond donors (Lipinski definition) is 1. The molecule has 46 valence electrons. The second-order valence-corrected chi connectivity index (χ2v) is 1.18. The number of carbonyl (C=O) groups excluding carboxylic acids is 2. The van der Waals surface area contributed by atoms with Crippen LogP contribution in [0.1, 0.15) is 0 Å². The number of esters is 1. The quantitative estimate of drug-likeness (QED) is 0.312. The Morgan fingerprint density at radius 1 is 1.62 bits per heavy atom. The summed E-state index contributed by atoms with van der Waals surface area (Å²) in [6.45, 7) is -0.835. The Kier molecular flexibility index (Phi) is 3.14. The molecule has 0 aromatic heterocycles. The summed E-state index contributed by atoms with van der Waals surface area (Å²) in [5.74, 6) is -1.05. The van der Waals surface area contributed by atoms with Crippen molar-refractivity contribution in [3.8, 4) is 0 Å². The average molecular weight is 139 g/mol. The van der Waals surface area contributed by atoms with E-state index in [2.05, 4.69) is 16.3 Å². The molecular weight excluding hydrogens is 135 g/mol. The van der Waals surface area contributed by atoms with Crippen molar-refractivity contribution in [1.29, 1.82) is 0 Å². The smallest absolute Gasteiger partial charge is 0.385 e. The zero-order valence-corrected chi connectivity index (χ0v) is 4.51. The van der Waals surface area contributed by atoms with Gasteiger partial charge in [-0.3, -0.25) is 0 Å². The van der Waals surface area contributed by atoms with Crippen LogP contribution in [0.2, 0.25) is 0 Å². The van der Waals surface area contributed by atoms with Gasteiger partial charge in [0.25, 0.3) is 0 Å². The molecular formula is C3H3ClO4. The van der Waals surface area contributed by atoms with Crippen LogP contribution in [0.15, 0.2) is 0 Å². The third-order valence-electron chi connectivity index (χ3n) is 0.323. The Hall–Kier alpha value is -0.610. The van der Waals surface area contributed by atoms with Gasteiger partial charge >= 0.3 is 11.4 Å². The van der Waals surface area contributed by atoms with Crippen molar-refractivity contribution in [2.24, 2.45) is 0 Å². The number of aliphatic hydroxyl groups excluding tert-OH is 1. The molecule has 0 saturated carbocycles. The Bertz CT molecular complexity index is 110. The van der Waals surface area contributed by atoms with Crippen molar-refractivity contribution in [1.82, 2.24) is 0 Å². The van der Waals surface area contributed by atoms with Crippen molar-refractivity contribution in [3.63, 3.8) is 0 Å². The van der Waals surface area contributed by atoms with Crippen molar-refractivity contribution < 1.29 is 19.4 Å². The lowest BCUT2D eigenvalue weighted by Crippen LogP contribution is -2.09. The third-order valence-corrected chi connectivity index (χ3v) is 0.400. The van der Waals surface area contributed by atoms with Crippen LogP contribution < -0.4 is 0 Å². The van der Waals surface area contributed by atoms with Crippen LogP contribution >= 0.6 is 11.6 Å². The van der Waals surface area contributed by atoms with E-state index < -0.39 is 18.0 Å². The molecule has 0 aromatic rings. The van der Waals surface area contributed by atoms with E-state index in [9.17, 15) is 9.59 Å². The van der Waals surface area contributed by atoms with Gasteiger partial charge in [0.05, 0.1) is 0 Å². The van der Waals surface area contributed by atoms with Crippen LogP contribution in [0.4, 0.5) is 4.79 Å². The Labute approximate surface area is 50.0 Å². The highest BCUT2D eigenvalue weighted by molar-refractivity contribution is 6.61. The zero-order valence-electron chi connectivity index (χ0n) is 3.76. The fraction of sp³-hybridized carbons (Fsp3) is 0.333. The summed E-state index contributed by atoms with van der Waals surface area (Å²) >= 11 is 4.56. The molecule has 0 amide bonds. The number of rotatable bonds is 1. The molecule has 0 aliphatic carbocycles. The SMILES string of the molecule is O=C(Cl)OC(=O)CO. The van der Waals surface area contributed by atoms with E-state index in [1.54, 1.807) is 0 Å². The molecule has 4 nitrogen and oxygen atoms in total. The number of aliphatic hydroxyl groups is 1. The molecule has 1 N–H and O–H groups in total. The summed E-state index contributed by atoms with van der Waals surface area (Å²) in [5, 5.41) is 7.90. The molecule has 0 saturated heterocycles. The second-order valence-electron chi connectivity index (χ2n) is 0.870. The van der Waals surface area contributed by atoms with Gasteiger partial charge in [0, 0.05) is 11.6 Å². The predicted molar refractivity (Wildman–Crippen MR) is 24.4 cm³/mol. The molecule has 0 bridgehead atoms. The Morgan fingerprint density at radius 2 is 2.12 bits per heavy atom. The average Bonchev–Trinajstić information content (AvgIpc) is 1.65. The van der Waals surface area contributed by atoms with Crippen LogP contribution in [0.25, 0.3) is 0 Å². The first-order valence-corrected chi connectivity index (χ1v) is 2.05. The standard InChI is InChI=1S/C3H3ClO4/c4-3(7)8-2(6)1-5/h5H,1H2. The van der Waals surface area contributed by atoms with Gasteiger partial charge in [0.1, 0.15) is 6.61 Å². The molecule has 0 aliphatic rings. The van der Waals surface area contributed by atoms with Gasteiger partial charge in [-0.2, -0.15) is 0 Å². The van der Waals surface area contributed by atoms with Crippen molar-refractivity contribution in [3.05, 3.63) is 0 Å². The molecule has 8 heavy (non-hydrogen) atoms. The lowest BCUT2D eigenvalue weighted by atomic mass is 10.8. The zero-order chi connectivity index (χ0) is 6.57. The minimum absolute atomic E-state index is 0.835. The van der Waals surface area contributed by atoms with Gasteiger partial charge in [-0.05, 0) is 0 Å². The fourth-order valence-electron chi connectivity index (χ4n) is 0.122. The van der Waals surface area contributed by atoms with E-state index in [1.807, 2.05) is 0 Å². The van der Waals surface area contributed by atoms with E-state index in [1.165, 1.54) is 0 Å². The summed E-state index contributed by atoms with van der Waals surface area (Å²) in [5.41, 5.74) is -1.23. The lowest BCUT2D eigenvalue weighted by molar-refractivity contribution is -0.139. The van der Waals surface area contributed by atoms with Gasteiger partial charge in [0.15, 0.2) is 0 Å². The monoisotopic (exact) mass is 138 g/mol. The van der Waals surface area contributed by atoms with E-state index >= 15 is 0 Å². The second kappa shape index (κ2) is 3.40. The Morgan fingerprint density at radius 3 is 2.25 bits per heavy atom. The molecule has 0 heterocycles. The van der Waals surface area contributed by atoms with Crippen LogP contribution in [-0.4, -0.2) is 23.1 Å². The highest BCUT2D eigenvalue weighted by atomic mass is 35.5. The van der Waals surface area contributed by atoms with Gasteiger partial charge in [-0.15, -0.1) is 0 Å². The summed E-state index contributed by atoms with van der Waals surface area (Å²) in [6.07, 6.45) is 0. The van der Waals surface area contributed by atoms with Crippen molar-refractivity contribution in [2.75, 3.05) is 6.61 Å². The minimum Gasteiger partial charge on any atom is -0.385 e. The lowest BCUT2D eigenvalue weighted by Gasteiger charge is -1.89. The minimum atomic E-state index is -1.23. The number of hydrogen-bond acceptors (Lipinski definition) is 4. The first-order chi connectivity index (χ1) is 3.66. The third kappa shape index (κ3) is 3.58. The maximum atomic E-state index is 9.84. The van der Waals surface area contributed by atoms with Crippen molar-refractivity contribution in [2.45, 2.75) is 0 Å². The number of ether oxygens (including phenoxy) is 1. The number of carbonyl (C=O) groups is 2. The molecule has 0 aliphatic heterocycles. The first-order valence-electron chi connectivity index (χ1n) is 1.68. The van der Waals surface area contributed by atoms with E-state index in [0.717, 1.165) is 0 Å². The van der Waals surface area contributed by atoms with Gasteiger partial charge < -0.3 is 9.84 Å². The molecule has 0 spiro atoms. The van der Waals surface area contributed by atoms with E-state index in [0.29, 0.717) is 0 Å². The van der Waals surface area contributed by atoms with Crippen LogP contribution in [-0.2, 0) is 9.53 Å². The molecule has 0 rings (SSSR count). The first kappa shape index (κ1) is 7.39. The molecule has 0 fully saturated rings. The molecule has 0 radical (unpaired) electrons. The van der Waals surface area contributed by atoms with Crippen LogP contribution in [0.5, 0.6) is 0 Å². The van der Waals surface area contributed by atoms with Gasteiger partial charge in [0.2, 0.25) is 0 Å².